The monoisotopic (exact) mass is 806 g/mol. The molecule has 1 unspecified atom stereocenters. The number of aryl methyl sites for hydroxylation is 1. The molecule has 1 N–H and O–H groups in total. The Morgan fingerprint density at radius 2 is 1.41 bits per heavy atom. The van der Waals surface area contributed by atoms with Crippen LogP contribution in [0, 0.1) is 0 Å². The summed E-state index contributed by atoms with van der Waals surface area (Å²) in [5.41, 5.74) is -0.791. The zero-order chi connectivity index (χ0) is 41.5. The number of rotatable bonds is 23. The van der Waals surface area contributed by atoms with Crippen molar-refractivity contribution in [1.82, 2.24) is 25.4 Å². The van der Waals surface area contributed by atoms with Crippen molar-refractivity contribution in [2.45, 2.75) is 186 Å². The van der Waals surface area contributed by atoms with E-state index in [1.165, 1.54) is 11.5 Å². The highest BCUT2D eigenvalue weighted by Gasteiger charge is 2.54. The first-order chi connectivity index (χ1) is 26.4. The second-order valence-corrected chi connectivity index (χ2v) is 15.1. The molecule has 319 valence electrons. The van der Waals surface area contributed by atoms with E-state index in [4.69, 9.17) is 28.4 Å². The van der Waals surface area contributed by atoms with Gasteiger partial charge in [0.05, 0.1) is 24.9 Å². The molecule has 0 spiro atoms. The third-order valence-electron chi connectivity index (χ3n) is 9.66. The van der Waals surface area contributed by atoms with Gasteiger partial charge in [-0.2, -0.15) is 13.2 Å². The number of hydrogen-bond acceptors (Lipinski definition) is 13. The average Bonchev–Trinajstić information content (AvgIpc) is 3.65. The maximum Gasteiger partial charge on any atom is 0.471 e. The van der Waals surface area contributed by atoms with Gasteiger partial charge in [0.15, 0.2) is 24.6 Å². The van der Waals surface area contributed by atoms with E-state index in [1.54, 1.807) is 16.2 Å². The summed E-state index contributed by atoms with van der Waals surface area (Å²) >= 11 is 0. The molecule has 0 saturated carbocycles. The van der Waals surface area contributed by atoms with E-state index in [9.17, 15) is 37.6 Å². The number of ether oxygens (including phenoxy) is 6. The van der Waals surface area contributed by atoms with Gasteiger partial charge in [0.1, 0.15) is 17.5 Å². The Bertz CT molecular complexity index is 1410. The Balaban J connectivity index is 1.42. The average molecular weight is 807 g/mol. The van der Waals surface area contributed by atoms with Gasteiger partial charge in [-0.25, -0.2) is 0 Å². The van der Waals surface area contributed by atoms with Crippen molar-refractivity contribution in [3.8, 4) is 0 Å². The van der Waals surface area contributed by atoms with Crippen LogP contribution in [0.5, 0.6) is 0 Å². The van der Waals surface area contributed by atoms with Gasteiger partial charge in [0, 0.05) is 33.9 Å². The number of nitrogens with zero attached hydrogens (tertiary/aromatic N) is 4. The second kappa shape index (κ2) is 21.9. The van der Waals surface area contributed by atoms with Gasteiger partial charge in [-0.3, -0.25) is 23.9 Å². The van der Waals surface area contributed by atoms with Crippen LogP contribution in [0.4, 0.5) is 13.2 Å². The van der Waals surface area contributed by atoms with Crippen LogP contribution in [0.1, 0.15) is 131 Å². The number of carbonyl (C=O) groups excluding carboxylic acids is 4. The number of nitrogens with one attached hydrogen (secondary N) is 1. The Kier molecular flexibility index (Phi) is 18.4. The van der Waals surface area contributed by atoms with Gasteiger partial charge in [0.2, 0.25) is 0 Å². The summed E-state index contributed by atoms with van der Waals surface area (Å²) in [6.45, 7) is 9.07. The lowest BCUT2D eigenvalue weighted by molar-refractivity contribution is -0.305. The van der Waals surface area contributed by atoms with Crippen LogP contribution < -0.4 is 5.32 Å². The summed E-state index contributed by atoms with van der Waals surface area (Å²) in [6, 6.07) is 0. The van der Waals surface area contributed by atoms with E-state index in [0.29, 0.717) is 18.8 Å². The first-order valence-corrected chi connectivity index (χ1v) is 19.5. The number of esters is 3. The predicted octanol–water partition coefficient (Wildman–Crippen LogP) is 5.24. The van der Waals surface area contributed by atoms with Crippen LogP contribution in [0.2, 0.25) is 0 Å². The SMILES string of the molecule is CCCC1(CCCCCCCCCCCCn2cc(CO[C@@H]3O[C@H](CNC(=O)C(F)(F)F)[C@H](OC(C)=O)[C@H](OC(C)=O)[C@H]3OC(C)=O)nn2)OCC(C)(C)N1[O]. The van der Waals surface area contributed by atoms with Crippen molar-refractivity contribution in [1.29, 1.82) is 0 Å². The van der Waals surface area contributed by atoms with Gasteiger partial charge in [-0.05, 0) is 39.5 Å². The molecule has 3 rings (SSSR count). The van der Waals surface area contributed by atoms with Gasteiger partial charge in [0.25, 0.3) is 0 Å². The third-order valence-corrected chi connectivity index (χ3v) is 9.66. The van der Waals surface area contributed by atoms with Crippen molar-refractivity contribution in [2.75, 3.05) is 13.2 Å². The molecular formula is C37H59F3N5O11. The molecule has 1 radical (unpaired) electrons. The van der Waals surface area contributed by atoms with E-state index in [1.807, 2.05) is 13.8 Å². The van der Waals surface area contributed by atoms with Crippen LogP contribution >= 0.6 is 0 Å². The maximum atomic E-state index is 12.9. The van der Waals surface area contributed by atoms with E-state index >= 15 is 0 Å². The van der Waals surface area contributed by atoms with Crippen molar-refractivity contribution in [2.24, 2.45) is 0 Å². The van der Waals surface area contributed by atoms with E-state index in [-0.39, 0.29) is 6.61 Å². The molecule has 1 amide bonds. The van der Waals surface area contributed by atoms with Gasteiger partial charge >= 0.3 is 30.0 Å². The minimum atomic E-state index is -5.21. The van der Waals surface area contributed by atoms with E-state index in [0.717, 1.165) is 97.8 Å². The second-order valence-electron chi connectivity index (χ2n) is 15.1. The van der Waals surface area contributed by atoms with E-state index < -0.39 is 78.5 Å². The van der Waals surface area contributed by atoms with Crippen LogP contribution in [0.25, 0.3) is 0 Å². The number of unbranched alkanes of at least 4 members (excludes halogenated alkanes) is 9. The standard InChI is InChI=1S/C37H59F3N5O11/c1-7-18-36(45(50)35(5,6)24-52-36)19-16-14-12-10-8-9-11-13-15-17-20-44-22-28(42-43-44)23-51-33-32(55-27(4)48)31(54-26(3)47)30(53-25(2)46)29(56-33)21-41-34(49)37(38,39)40/h22,29-33H,7-21,23-24H2,1-6H3,(H,41,49)/t29-,30+,31+,32-,33-,36?/m1/s1. The third kappa shape index (κ3) is 14.5. The minimum Gasteiger partial charge on any atom is -0.456 e. The van der Waals surface area contributed by atoms with Gasteiger partial charge < -0.3 is 33.7 Å². The topological polar surface area (TPSA) is 190 Å². The van der Waals surface area contributed by atoms with Crippen molar-refractivity contribution < 1.29 is 66.0 Å². The largest absolute Gasteiger partial charge is 0.471 e. The van der Waals surface area contributed by atoms with Crippen LogP contribution in [0.15, 0.2) is 6.20 Å². The lowest BCUT2D eigenvalue weighted by atomic mass is 9.96. The molecule has 19 heteroatoms. The van der Waals surface area contributed by atoms with Crippen LogP contribution in [-0.2, 0) is 66.0 Å². The highest BCUT2D eigenvalue weighted by Crippen LogP contribution is 2.40. The molecule has 2 aliphatic heterocycles. The fourth-order valence-electron chi connectivity index (χ4n) is 7.06. The Labute approximate surface area is 326 Å². The Morgan fingerprint density at radius 3 is 1.95 bits per heavy atom. The van der Waals surface area contributed by atoms with Gasteiger partial charge in [-0.1, -0.05) is 69.9 Å². The molecule has 1 aromatic rings. The fourth-order valence-corrected chi connectivity index (χ4v) is 7.06. The lowest BCUT2D eigenvalue weighted by Crippen LogP contribution is -2.64. The fraction of sp³-hybridized carbons (Fsp3) is 0.838. The molecule has 0 bridgehead atoms. The zero-order valence-electron chi connectivity index (χ0n) is 33.4. The summed E-state index contributed by atoms with van der Waals surface area (Å²) in [5.74, 6) is -4.91. The number of hydroxylamine groups is 2. The van der Waals surface area contributed by atoms with Crippen molar-refractivity contribution in [3.05, 3.63) is 11.9 Å². The molecular weight excluding hydrogens is 747 g/mol. The Morgan fingerprint density at radius 1 is 0.857 bits per heavy atom. The smallest absolute Gasteiger partial charge is 0.456 e. The molecule has 0 aliphatic carbocycles. The molecule has 3 heterocycles. The first kappa shape index (κ1) is 47.0. The van der Waals surface area contributed by atoms with E-state index in [2.05, 4.69) is 17.2 Å². The number of alkyl halides is 3. The van der Waals surface area contributed by atoms with Crippen LogP contribution in [-0.4, -0.2) is 105 Å². The summed E-state index contributed by atoms with van der Waals surface area (Å²) in [7, 11) is 0. The molecule has 56 heavy (non-hydrogen) atoms. The first-order valence-electron chi connectivity index (χ1n) is 19.5. The predicted molar refractivity (Wildman–Crippen MR) is 190 cm³/mol. The molecule has 1 aromatic heterocycles. The summed E-state index contributed by atoms with van der Waals surface area (Å²) in [4.78, 5) is 47.5. The molecule has 2 fully saturated rings. The van der Waals surface area contributed by atoms with Gasteiger partial charge in [-0.15, -0.1) is 15.4 Å². The lowest BCUT2D eigenvalue weighted by Gasteiger charge is -2.44. The highest BCUT2D eigenvalue weighted by atomic mass is 19.4. The number of hydrogen-bond donors (Lipinski definition) is 1. The molecule has 16 nitrogen and oxygen atoms in total. The summed E-state index contributed by atoms with van der Waals surface area (Å²) < 4.78 is 73.9. The zero-order valence-corrected chi connectivity index (χ0v) is 33.4. The number of amides is 1. The minimum absolute atomic E-state index is 0.252. The number of carbonyl (C=O) groups is 4. The quantitative estimate of drug-likeness (QED) is 0.0860. The maximum absolute atomic E-state index is 12.9. The number of aromatic nitrogens is 3. The summed E-state index contributed by atoms with van der Waals surface area (Å²) in [5, 5.41) is 24.0. The van der Waals surface area contributed by atoms with Crippen molar-refractivity contribution >= 4 is 23.8 Å². The molecule has 2 saturated heterocycles. The summed E-state index contributed by atoms with van der Waals surface area (Å²) in [6.07, 6.45) is 1.94. The van der Waals surface area contributed by atoms with Crippen LogP contribution in [0.3, 0.4) is 0 Å². The number of halogens is 3. The molecule has 0 aromatic carbocycles. The highest BCUT2D eigenvalue weighted by molar-refractivity contribution is 5.81. The van der Waals surface area contributed by atoms with Crippen molar-refractivity contribution in [3.63, 3.8) is 0 Å². The normalized spacial score (nSPS) is 25.1. The molecule has 2 aliphatic rings. The Hall–Kier alpha value is -3.39. The molecule has 6 atom stereocenters.